The molecule has 0 fully saturated rings. The van der Waals surface area contributed by atoms with E-state index in [4.69, 9.17) is 9.47 Å². The smallest absolute Gasteiger partial charge is 0.311 e. The van der Waals surface area contributed by atoms with Crippen LogP contribution in [-0.2, 0) is 6.61 Å². The average molecular weight is 405 g/mol. The second-order valence-electron chi connectivity index (χ2n) is 6.16. The van der Waals surface area contributed by atoms with Gasteiger partial charge < -0.3 is 9.47 Å². The highest BCUT2D eigenvalue weighted by Crippen LogP contribution is 2.26. The molecule has 8 nitrogen and oxygen atoms in total. The van der Waals surface area contributed by atoms with Gasteiger partial charge in [0.1, 0.15) is 12.4 Å². The Bertz CT molecular complexity index is 1070. The van der Waals surface area contributed by atoms with Crippen molar-refractivity contribution in [2.45, 2.75) is 6.61 Å². The summed E-state index contributed by atoms with van der Waals surface area (Å²) in [5.74, 6) is 0.109. The maximum absolute atomic E-state index is 12.5. The number of nitro groups is 1. The summed E-state index contributed by atoms with van der Waals surface area (Å²) >= 11 is 0. The number of hydrogen-bond donors (Lipinski definition) is 1. The molecule has 0 unspecified atom stereocenters. The Morgan fingerprint density at radius 3 is 2.53 bits per heavy atom. The summed E-state index contributed by atoms with van der Waals surface area (Å²) in [5, 5.41) is 15.0. The lowest BCUT2D eigenvalue weighted by Gasteiger charge is -2.10. The molecule has 0 saturated heterocycles. The first kappa shape index (κ1) is 20.5. The Balaban J connectivity index is 1.68. The number of nitrogens with one attached hydrogen (secondary N) is 1. The van der Waals surface area contributed by atoms with E-state index >= 15 is 0 Å². The van der Waals surface area contributed by atoms with E-state index in [1.807, 2.05) is 30.3 Å². The van der Waals surface area contributed by atoms with Gasteiger partial charge in [-0.25, -0.2) is 5.43 Å². The zero-order valence-corrected chi connectivity index (χ0v) is 16.1. The summed E-state index contributed by atoms with van der Waals surface area (Å²) in [4.78, 5) is 23.1. The van der Waals surface area contributed by atoms with Gasteiger partial charge in [-0.3, -0.25) is 14.9 Å². The average Bonchev–Trinajstić information content (AvgIpc) is 2.78. The number of rotatable bonds is 8. The molecule has 0 aliphatic carbocycles. The number of nitro benzene ring substituents is 1. The first-order valence-electron chi connectivity index (χ1n) is 9.00. The van der Waals surface area contributed by atoms with E-state index in [1.54, 1.807) is 30.3 Å². The van der Waals surface area contributed by atoms with Crippen LogP contribution in [0.4, 0.5) is 5.69 Å². The molecule has 30 heavy (non-hydrogen) atoms. The van der Waals surface area contributed by atoms with Crippen molar-refractivity contribution in [3.8, 4) is 11.5 Å². The molecule has 0 atom stereocenters. The molecule has 0 radical (unpaired) electrons. The molecule has 0 aliphatic heterocycles. The monoisotopic (exact) mass is 405 g/mol. The van der Waals surface area contributed by atoms with Crippen LogP contribution in [0.5, 0.6) is 11.5 Å². The first-order valence-corrected chi connectivity index (χ1v) is 9.00. The minimum Gasteiger partial charge on any atom is -0.490 e. The molecule has 0 saturated carbocycles. The number of nitrogens with zero attached hydrogens (tertiary/aromatic N) is 2. The molecule has 0 heterocycles. The van der Waals surface area contributed by atoms with Crippen LogP contribution < -0.4 is 14.9 Å². The van der Waals surface area contributed by atoms with Crippen LogP contribution in [0.2, 0.25) is 0 Å². The molecule has 3 rings (SSSR count). The van der Waals surface area contributed by atoms with Crippen molar-refractivity contribution in [2.75, 3.05) is 7.11 Å². The number of carbonyl (C=O) groups is 1. The minimum absolute atomic E-state index is 0.144. The summed E-state index contributed by atoms with van der Waals surface area (Å²) in [6.07, 6.45) is 1.32. The lowest BCUT2D eigenvalue weighted by Crippen LogP contribution is -2.18. The number of carbonyl (C=O) groups excluding carboxylic acids is 1. The first-order chi connectivity index (χ1) is 14.6. The molecule has 8 heteroatoms. The molecule has 3 aromatic carbocycles. The zero-order valence-electron chi connectivity index (χ0n) is 16.1. The molecular formula is C22H19N3O5. The van der Waals surface area contributed by atoms with Gasteiger partial charge in [-0.1, -0.05) is 42.5 Å². The lowest BCUT2D eigenvalue weighted by atomic mass is 10.2. The Morgan fingerprint density at radius 1 is 1.07 bits per heavy atom. The van der Waals surface area contributed by atoms with E-state index in [0.29, 0.717) is 23.5 Å². The van der Waals surface area contributed by atoms with Crippen molar-refractivity contribution >= 4 is 17.8 Å². The Hall–Kier alpha value is -4.20. The normalized spacial score (nSPS) is 10.6. The molecular weight excluding hydrogens is 386 g/mol. The molecule has 0 aromatic heterocycles. The van der Waals surface area contributed by atoms with E-state index in [0.717, 1.165) is 5.56 Å². The molecule has 1 amide bonds. The number of methoxy groups -OCH3 is 1. The Kier molecular flexibility index (Phi) is 6.73. The van der Waals surface area contributed by atoms with E-state index < -0.39 is 10.8 Å². The van der Waals surface area contributed by atoms with Crippen molar-refractivity contribution in [1.82, 2.24) is 5.43 Å². The largest absolute Gasteiger partial charge is 0.490 e. The van der Waals surface area contributed by atoms with Crippen LogP contribution in [0.3, 0.4) is 0 Å². The number of ether oxygens (including phenoxy) is 2. The Labute approximate surface area is 172 Å². The second kappa shape index (κ2) is 9.83. The van der Waals surface area contributed by atoms with Crippen LogP contribution >= 0.6 is 0 Å². The molecule has 152 valence electrons. The number of hydrazone groups is 1. The van der Waals surface area contributed by atoms with Crippen LogP contribution in [0.1, 0.15) is 21.5 Å². The van der Waals surface area contributed by atoms with Crippen molar-refractivity contribution in [1.29, 1.82) is 0 Å². The highest BCUT2D eigenvalue weighted by molar-refractivity contribution is 5.97. The van der Waals surface area contributed by atoms with Crippen LogP contribution in [0.25, 0.3) is 0 Å². The van der Waals surface area contributed by atoms with Gasteiger partial charge in [-0.15, -0.1) is 0 Å². The molecule has 0 aliphatic rings. The quantitative estimate of drug-likeness (QED) is 0.347. The van der Waals surface area contributed by atoms with Crippen molar-refractivity contribution in [3.63, 3.8) is 0 Å². The van der Waals surface area contributed by atoms with Gasteiger partial charge in [-0.05, 0) is 29.8 Å². The van der Waals surface area contributed by atoms with Gasteiger partial charge in [0.25, 0.3) is 5.91 Å². The predicted octanol–water partition coefficient (Wildman–Crippen LogP) is 3.95. The maximum atomic E-state index is 12.5. The highest BCUT2D eigenvalue weighted by Gasteiger charge is 2.15. The van der Waals surface area contributed by atoms with E-state index in [-0.39, 0.29) is 11.4 Å². The van der Waals surface area contributed by atoms with Gasteiger partial charge in [0.2, 0.25) is 0 Å². The summed E-state index contributed by atoms with van der Waals surface area (Å²) in [6.45, 7) is 0.323. The second-order valence-corrected chi connectivity index (χ2v) is 6.16. The summed E-state index contributed by atoms with van der Waals surface area (Å²) < 4.78 is 10.7. The van der Waals surface area contributed by atoms with Crippen LogP contribution in [0, 0.1) is 10.1 Å². The zero-order chi connectivity index (χ0) is 21.3. The summed E-state index contributed by atoms with van der Waals surface area (Å²) in [7, 11) is 1.35. The number of para-hydroxylation sites is 1. The summed E-state index contributed by atoms with van der Waals surface area (Å²) in [5.41, 5.74) is 3.97. The van der Waals surface area contributed by atoms with Gasteiger partial charge in [-0.2, -0.15) is 5.10 Å². The third kappa shape index (κ3) is 5.20. The van der Waals surface area contributed by atoms with Crippen molar-refractivity contribution in [3.05, 3.63) is 99.6 Å². The molecule has 0 bridgehead atoms. The van der Waals surface area contributed by atoms with E-state index in [1.165, 1.54) is 25.5 Å². The van der Waals surface area contributed by atoms with Gasteiger partial charge in [0.15, 0.2) is 5.75 Å². The summed E-state index contributed by atoms with van der Waals surface area (Å²) in [6, 6.07) is 20.8. The minimum atomic E-state index is -0.547. The highest BCUT2D eigenvalue weighted by atomic mass is 16.6. The fourth-order valence-electron chi connectivity index (χ4n) is 2.67. The number of amides is 1. The Morgan fingerprint density at radius 2 is 1.80 bits per heavy atom. The van der Waals surface area contributed by atoms with Crippen molar-refractivity contribution in [2.24, 2.45) is 5.10 Å². The number of benzene rings is 3. The van der Waals surface area contributed by atoms with Gasteiger partial charge in [0.05, 0.1) is 23.8 Å². The standard InChI is InChI=1S/C22H19N3O5/c1-29-21-12-11-17(13-19(21)25(27)28)14-23-24-22(26)18-9-5-6-10-20(18)30-15-16-7-3-2-4-8-16/h2-14H,15H2,1H3,(H,24,26)/b23-14+. The molecule has 1 N–H and O–H groups in total. The third-order valence-electron chi connectivity index (χ3n) is 4.15. The third-order valence-corrected chi connectivity index (χ3v) is 4.15. The SMILES string of the molecule is COc1ccc(/C=N/NC(=O)c2ccccc2OCc2ccccc2)cc1[N+](=O)[O-]. The maximum Gasteiger partial charge on any atom is 0.311 e. The lowest BCUT2D eigenvalue weighted by molar-refractivity contribution is -0.385. The topological polar surface area (TPSA) is 103 Å². The van der Waals surface area contributed by atoms with E-state index in [9.17, 15) is 14.9 Å². The van der Waals surface area contributed by atoms with Gasteiger partial charge >= 0.3 is 5.69 Å². The molecule has 0 spiro atoms. The fourth-order valence-corrected chi connectivity index (χ4v) is 2.67. The van der Waals surface area contributed by atoms with E-state index in [2.05, 4.69) is 10.5 Å². The van der Waals surface area contributed by atoms with Crippen LogP contribution in [0.15, 0.2) is 77.9 Å². The predicted molar refractivity (Wildman–Crippen MR) is 112 cm³/mol. The fraction of sp³-hybridized carbons (Fsp3) is 0.0909. The van der Waals surface area contributed by atoms with Gasteiger partial charge in [0, 0.05) is 11.6 Å². The molecule has 3 aromatic rings. The number of hydrogen-bond acceptors (Lipinski definition) is 6. The van der Waals surface area contributed by atoms with Crippen LogP contribution in [-0.4, -0.2) is 24.2 Å². The van der Waals surface area contributed by atoms with Crippen molar-refractivity contribution < 1.29 is 19.2 Å².